The quantitative estimate of drug-likeness (QED) is 0.780. The van der Waals surface area contributed by atoms with E-state index in [2.05, 4.69) is 21.7 Å². The first-order chi connectivity index (χ1) is 12.0. The van der Waals surface area contributed by atoms with Crippen molar-refractivity contribution in [1.82, 2.24) is 20.3 Å². The Morgan fingerprint density at radius 2 is 1.72 bits per heavy atom. The highest BCUT2D eigenvalue weighted by molar-refractivity contribution is 7.90. The Hall–Kier alpha value is -2.25. The zero-order valence-electron chi connectivity index (χ0n) is 14.0. The Labute approximate surface area is 146 Å². The molecule has 1 fully saturated rings. The fourth-order valence-corrected chi connectivity index (χ4v) is 3.97. The van der Waals surface area contributed by atoms with E-state index in [0.717, 1.165) is 48.1 Å². The molecular formula is C18H20N4O2S. The smallest absolute Gasteiger partial charge is 0.175 e. The molecule has 4 rings (SSSR count). The zero-order chi connectivity index (χ0) is 17.4. The lowest BCUT2D eigenvalue weighted by molar-refractivity contribution is 0.345. The van der Waals surface area contributed by atoms with Crippen LogP contribution in [-0.4, -0.2) is 42.8 Å². The predicted octanol–water partition coefficient (Wildman–Crippen LogP) is 2.43. The van der Waals surface area contributed by atoms with Crippen molar-refractivity contribution in [1.29, 1.82) is 0 Å². The maximum absolute atomic E-state index is 11.6. The van der Waals surface area contributed by atoms with Crippen LogP contribution < -0.4 is 5.32 Å². The molecule has 0 atom stereocenters. The van der Waals surface area contributed by atoms with Crippen LogP contribution in [0.25, 0.3) is 22.2 Å². The van der Waals surface area contributed by atoms with E-state index < -0.39 is 9.84 Å². The van der Waals surface area contributed by atoms with Gasteiger partial charge in [-0.05, 0) is 61.3 Å². The molecule has 0 radical (unpaired) electrons. The standard InChI is InChI=1S/C18H20N4O2S/c1-25(23,24)16-5-2-13(3-6-16)14-4-7-18-17(12-14)20-21-22(18)15-8-10-19-11-9-15/h2-7,12,15,19H,8-11H2,1H3. The van der Waals surface area contributed by atoms with E-state index in [-0.39, 0.29) is 0 Å². The summed E-state index contributed by atoms with van der Waals surface area (Å²) in [5.41, 5.74) is 3.88. The van der Waals surface area contributed by atoms with Gasteiger partial charge in [0.15, 0.2) is 9.84 Å². The fourth-order valence-electron chi connectivity index (χ4n) is 3.34. The lowest BCUT2D eigenvalue weighted by Gasteiger charge is -2.22. The van der Waals surface area contributed by atoms with Gasteiger partial charge in [0.2, 0.25) is 0 Å². The molecule has 0 aliphatic carbocycles. The molecule has 3 aromatic rings. The van der Waals surface area contributed by atoms with Crippen LogP contribution in [0.5, 0.6) is 0 Å². The number of aromatic nitrogens is 3. The van der Waals surface area contributed by atoms with Crippen molar-refractivity contribution in [2.75, 3.05) is 19.3 Å². The number of benzene rings is 2. The normalized spacial score (nSPS) is 16.4. The first kappa shape index (κ1) is 16.2. The van der Waals surface area contributed by atoms with Gasteiger partial charge in [0.05, 0.1) is 16.5 Å². The average Bonchev–Trinajstić information content (AvgIpc) is 3.05. The van der Waals surface area contributed by atoms with Crippen LogP contribution >= 0.6 is 0 Å². The molecule has 0 unspecified atom stereocenters. The third-order valence-electron chi connectivity index (χ3n) is 4.74. The number of rotatable bonds is 3. The summed E-state index contributed by atoms with van der Waals surface area (Å²) in [5.74, 6) is 0. The minimum absolute atomic E-state index is 0.328. The van der Waals surface area contributed by atoms with Crippen LogP contribution in [0.2, 0.25) is 0 Å². The minimum Gasteiger partial charge on any atom is -0.317 e. The lowest BCUT2D eigenvalue weighted by atomic mass is 10.0. The predicted molar refractivity (Wildman–Crippen MR) is 97.2 cm³/mol. The van der Waals surface area contributed by atoms with Crippen molar-refractivity contribution < 1.29 is 8.42 Å². The number of hydrogen-bond acceptors (Lipinski definition) is 5. The molecule has 0 saturated carbocycles. The highest BCUT2D eigenvalue weighted by atomic mass is 32.2. The van der Waals surface area contributed by atoms with Crippen LogP contribution in [0.4, 0.5) is 0 Å². The Balaban J connectivity index is 1.68. The summed E-state index contributed by atoms with van der Waals surface area (Å²) in [6.45, 7) is 2.02. The molecule has 1 aliphatic heterocycles. The van der Waals surface area contributed by atoms with E-state index in [1.54, 1.807) is 12.1 Å². The number of hydrogen-bond donors (Lipinski definition) is 1. The first-order valence-corrected chi connectivity index (χ1v) is 10.3. The number of sulfone groups is 1. The molecule has 0 spiro atoms. The van der Waals surface area contributed by atoms with E-state index in [1.165, 1.54) is 6.26 Å². The Morgan fingerprint density at radius 1 is 1.04 bits per heavy atom. The molecule has 2 aromatic carbocycles. The second kappa shape index (κ2) is 6.24. The molecule has 1 aromatic heterocycles. The Kier molecular flexibility index (Phi) is 4.05. The van der Waals surface area contributed by atoms with Gasteiger partial charge in [-0.2, -0.15) is 0 Å². The topological polar surface area (TPSA) is 76.9 Å². The van der Waals surface area contributed by atoms with Crippen molar-refractivity contribution in [3.63, 3.8) is 0 Å². The number of fused-ring (bicyclic) bond motifs is 1. The molecule has 1 saturated heterocycles. The summed E-state index contributed by atoms with van der Waals surface area (Å²) in [6.07, 6.45) is 3.34. The molecule has 25 heavy (non-hydrogen) atoms. The lowest BCUT2D eigenvalue weighted by Crippen LogP contribution is -2.29. The second-order valence-corrected chi connectivity index (χ2v) is 8.53. The van der Waals surface area contributed by atoms with Crippen LogP contribution in [0.1, 0.15) is 18.9 Å². The van der Waals surface area contributed by atoms with Crippen molar-refractivity contribution in [2.45, 2.75) is 23.8 Å². The van der Waals surface area contributed by atoms with Crippen LogP contribution in [-0.2, 0) is 9.84 Å². The van der Waals surface area contributed by atoms with E-state index in [9.17, 15) is 8.42 Å². The Morgan fingerprint density at radius 3 is 2.40 bits per heavy atom. The van der Waals surface area contributed by atoms with Crippen molar-refractivity contribution >= 4 is 20.9 Å². The summed E-state index contributed by atoms with van der Waals surface area (Å²) in [5, 5.41) is 12.1. The maximum atomic E-state index is 11.6. The first-order valence-electron chi connectivity index (χ1n) is 8.38. The molecule has 0 bridgehead atoms. The summed E-state index contributed by atoms with van der Waals surface area (Å²) in [6, 6.07) is 13.4. The highest BCUT2D eigenvalue weighted by Gasteiger charge is 2.18. The van der Waals surface area contributed by atoms with Gasteiger partial charge < -0.3 is 5.32 Å². The van der Waals surface area contributed by atoms with Gasteiger partial charge in [-0.3, -0.25) is 0 Å². The SMILES string of the molecule is CS(=O)(=O)c1ccc(-c2ccc3c(c2)nnn3C2CCNCC2)cc1. The number of piperidine rings is 1. The van der Waals surface area contributed by atoms with Gasteiger partial charge in [0.1, 0.15) is 5.52 Å². The van der Waals surface area contributed by atoms with Crippen LogP contribution in [0.3, 0.4) is 0 Å². The second-order valence-electron chi connectivity index (χ2n) is 6.52. The summed E-state index contributed by atoms with van der Waals surface area (Å²) >= 11 is 0. The molecule has 2 heterocycles. The molecule has 1 N–H and O–H groups in total. The maximum Gasteiger partial charge on any atom is 0.175 e. The van der Waals surface area contributed by atoms with E-state index >= 15 is 0 Å². The van der Waals surface area contributed by atoms with Gasteiger partial charge in [-0.15, -0.1) is 5.10 Å². The van der Waals surface area contributed by atoms with E-state index in [1.807, 2.05) is 28.9 Å². The third-order valence-corrected chi connectivity index (χ3v) is 5.87. The molecule has 130 valence electrons. The van der Waals surface area contributed by atoms with Crippen molar-refractivity contribution in [3.05, 3.63) is 42.5 Å². The van der Waals surface area contributed by atoms with E-state index in [0.29, 0.717) is 10.9 Å². The molecule has 1 aliphatic rings. The monoisotopic (exact) mass is 356 g/mol. The molecule has 7 heteroatoms. The van der Waals surface area contributed by atoms with Gasteiger partial charge in [0, 0.05) is 6.26 Å². The summed E-state index contributed by atoms with van der Waals surface area (Å²) < 4.78 is 25.2. The van der Waals surface area contributed by atoms with Gasteiger partial charge in [0.25, 0.3) is 0 Å². The largest absolute Gasteiger partial charge is 0.317 e. The fraction of sp³-hybridized carbons (Fsp3) is 0.333. The average molecular weight is 356 g/mol. The molecule has 6 nitrogen and oxygen atoms in total. The summed E-state index contributed by atoms with van der Waals surface area (Å²) in [7, 11) is -3.18. The minimum atomic E-state index is -3.18. The van der Waals surface area contributed by atoms with Gasteiger partial charge in [-0.1, -0.05) is 23.4 Å². The molecule has 0 amide bonds. The third kappa shape index (κ3) is 3.17. The van der Waals surface area contributed by atoms with Gasteiger partial charge in [-0.25, -0.2) is 13.1 Å². The summed E-state index contributed by atoms with van der Waals surface area (Å²) in [4.78, 5) is 0.328. The number of nitrogens with one attached hydrogen (secondary N) is 1. The van der Waals surface area contributed by atoms with Crippen LogP contribution in [0.15, 0.2) is 47.4 Å². The highest BCUT2D eigenvalue weighted by Crippen LogP contribution is 2.27. The zero-order valence-corrected chi connectivity index (χ0v) is 14.8. The molecular weight excluding hydrogens is 336 g/mol. The van der Waals surface area contributed by atoms with Crippen LogP contribution in [0, 0.1) is 0 Å². The number of nitrogens with zero attached hydrogens (tertiary/aromatic N) is 3. The van der Waals surface area contributed by atoms with Gasteiger partial charge >= 0.3 is 0 Å². The van der Waals surface area contributed by atoms with Crippen molar-refractivity contribution in [2.24, 2.45) is 0 Å². The Bertz CT molecular complexity index is 1000. The van der Waals surface area contributed by atoms with E-state index in [4.69, 9.17) is 0 Å². The van der Waals surface area contributed by atoms with Crippen molar-refractivity contribution in [3.8, 4) is 11.1 Å².